The zero-order valence-electron chi connectivity index (χ0n) is 11.0. The number of anilines is 1. The summed E-state index contributed by atoms with van der Waals surface area (Å²) in [6.07, 6.45) is 6.74. The van der Waals surface area contributed by atoms with Crippen molar-refractivity contribution in [3.63, 3.8) is 0 Å². The maximum Gasteiger partial charge on any atom is 0.153 e. The SMILES string of the molecule is O=Cc1c(Cl)cccc1N(CCO)C1CCCCC1. The van der Waals surface area contributed by atoms with Gasteiger partial charge in [0.05, 0.1) is 17.2 Å². The highest BCUT2D eigenvalue weighted by Crippen LogP contribution is 2.31. The Labute approximate surface area is 119 Å². The molecule has 0 saturated heterocycles. The normalized spacial score (nSPS) is 16.3. The highest BCUT2D eigenvalue weighted by molar-refractivity contribution is 6.33. The molecule has 0 bridgehead atoms. The third-order valence-electron chi connectivity index (χ3n) is 3.81. The molecule has 1 aromatic carbocycles. The lowest BCUT2D eigenvalue weighted by Crippen LogP contribution is -2.39. The molecule has 1 aromatic rings. The number of carbonyl (C=O) groups excluding carboxylic acids is 1. The predicted octanol–water partition coefficient (Wildman–Crippen LogP) is 3.28. The number of carbonyl (C=O) groups is 1. The van der Waals surface area contributed by atoms with Crippen molar-refractivity contribution in [1.29, 1.82) is 0 Å². The van der Waals surface area contributed by atoms with E-state index >= 15 is 0 Å². The number of hydrogen-bond donors (Lipinski definition) is 1. The molecule has 3 nitrogen and oxygen atoms in total. The quantitative estimate of drug-likeness (QED) is 0.842. The first-order chi connectivity index (χ1) is 9.27. The molecule has 0 unspecified atom stereocenters. The Bertz CT molecular complexity index is 430. The van der Waals surface area contributed by atoms with Crippen LogP contribution in [0.3, 0.4) is 0 Å². The number of aliphatic hydroxyl groups is 1. The lowest BCUT2D eigenvalue weighted by Gasteiger charge is -2.36. The molecule has 0 atom stereocenters. The minimum atomic E-state index is 0.0846. The summed E-state index contributed by atoms with van der Waals surface area (Å²) in [7, 11) is 0. The van der Waals surface area contributed by atoms with Crippen molar-refractivity contribution in [1.82, 2.24) is 0 Å². The average molecular weight is 282 g/mol. The van der Waals surface area contributed by atoms with Gasteiger partial charge in [0.25, 0.3) is 0 Å². The smallest absolute Gasteiger partial charge is 0.153 e. The first-order valence-corrected chi connectivity index (χ1v) is 7.27. The van der Waals surface area contributed by atoms with Gasteiger partial charge in [-0.1, -0.05) is 36.9 Å². The van der Waals surface area contributed by atoms with Crippen molar-refractivity contribution < 1.29 is 9.90 Å². The third kappa shape index (κ3) is 3.28. The second-order valence-electron chi connectivity index (χ2n) is 5.00. The van der Waals surface area contributed by atoms with Crippen LogP contribution in [0.15, 0.2) is 18.2 Å². The van der Waals surface area contributed by atoms with Crippen LogP contribution in [0.1, 0.15) is 42.5 Å². The van der Waals surface area contributed by atoms with Crippen molar-refractivity contribution in [3.8, 4) is 0 Å². The van der Waals surface area contributed by atoms with Crippen molar-refractivity contribution in [2.45, 2.75) is 38.1 Å². The van der Waals surface area contributed by atoms with Gasteiger partial charge in [0, 0.05) is 18.3 Å². The maximum atomic E-state index is 11.3. The summed E-state index contributed by atoms with van der Waals surface area (Å²) >= 11 is 6.09. The fraction of sp³-hybridized carbons (Fsp3) is 0.533. The fourth-order valence-electron chi connectivity index (χ4n) is 2.89. The van der Waals surface area contributed by atoms with Gasteiger partial charge < -0.3 is 10.0 Å². The largest absolute Gasteiger partial charge is 0.395 e. The Hall–Kier alpha value is -1.06. The Kier molecular flexibility index (Phi) is 5.23. The number of hydrogen-bond acceptors (Lipinski definition) is 3. The van der Waals surface area contributed by atoms with Crippen LogP contribution in [-0.4, -0.2) is 30.6 Å². The molecule has 19 heavy (non-hydrogen) atoms. The number of aliphatic hydroxyl groups excluding tert-OH is 1. The monoisotopic (exact) mass is 281 g/mol. The molecule has 0 heterocycles. The van der Waals surface area contributed by atoms with E-state index in [0.29, 0.717) is 23.2 Å². The van der Waals surface area contributed by atoms with E-state index in [4.69, 9.17) is 11.6 Å². The molecule has 1 aliphatic carbocycles. The van der Waals surface area contributed by atoms with E-state index in [9.17, 15) is 9.90 Å². The van der Waals surface area contributed by atoms with Gasteiger partial charge in [-0.3, -0.25) is 4.79 Å². The summed E-state index contributed by atoms with van der Waals surface area (Å²) in [5, 5.41) is 9.78. The van der Waals surface area contributed by atoms with Crippen LogP contribution in [0.5, 0.6) is 0 Å². The van der Waals surface area contributed by atoms with Gasteiger partial charge in [-0.05, 0) is 25.0 Å². The van der Waals surface area contributed by atoms with E-state index < -0.39 is 0 Å². The lowest BCUT2D eigenvalue weighted by molar-refractivity contribution is 0.112. The first kappa shape index (κ1) is 14.4. The van der Waals surface area contributed by atoms with Gasteiger partial charge in [-0.2, -0.15) is 0 Å². The minimum Gasteiger partial charge on any atom is -0.395 e. The van der Waals surface area contributed by atoms with E-state index in [1.54, 1.807) is 6.07 Å². The van der Waals surface area contributed by atoms with Crippen LogP contribution in [0, 0.1) is 0 Å². The van der Waals surface area contributed by atoms with Crippen LogP contribution in [0.25, 0.3) is 0 Å². The molecule has 104 valence electrons. The van der Waals surface area contributed by atoms with Gasteiger partial charge in [0.2, 0.25) is 0 Å². The second-order valence-corrected chi connectivity index (χ2v) is 5.41. The van der Waals surface area contributed by atoms with Crippen molar-refractivity contribution in [2.24, 2.45) is 0 Å². The van der Waals surface area contributed by atoms with Crippen molar-refractivity contribution >= 4 is 23.6 Å². The van der Waals surface area contributed by atoms with Crippen LogP contribution in [0.4, 0.5) is 5.69 Å². The van der Waals surface area contributed by atoms with E-state index in [2.05, 4.69) is 4.90 Å². The highest BCUT2D eigenvalue weighted by Gasteiger charge is 2.23. The molecule has 0 aliphatic heterocycles. The molecular formula is C15H20ClNO2. The van der Waals surface area contributed by atoms with Gasteiger partial charge >= 0.3 is 0 Å². The summed E-state index contributed by atoms with van der Waals surface area (Å²) in [5.74, 6) is 0. The summed E-state index contributed by atoms with van der Waals surface area (Å²) in [6, 6.07) is 5.91. The standard InChI is InChI=1S/C15H20ClNO2/c16-14-7-4-8-15(13(14)11-19)17(9-10-18)12-5-2-1-3-6-12/h4,7-8,11-12,18H,1-3,5-6,9-10H2. The number of rotatable bonds is 5. The summed E-state index contributed by atoms with van der Waals surface area (Å²) < 4.78 is 0. The Balaban J connectivity index is 2.32. The van der Waals surface area contributed by atoms with Gasteiger partial charge in [-0.15, -0.1) is 0 Å². The van der Waals surface area contributed by atoms with Crippen molar-refractivity contribution in [2.75, 3.05) is 18.1 Å². The zero-order valence-corrected chi connectivity index (χ0v) is 11.8. The molecule has 0 aromatic heterocycles. The Morgan fingerprint density at radius 3 is 2.68 bits per heavy atom. The number of halogens is 1. The third-order valence-corrected chi connectivity index (χ3v) is 4.14. The average Bonchev–Trinajstić information content (AvgIpc) is 2.45. The van der Waals surface area contributed by atoms with Crippen LogP contribution in [0.2, 0.25) is 5.02 Å². The number of benzene rings is 1. The van der Waals surface area contributed by atoms with Crippen LogP contribution >= 0.6 is 11.6 Å². The summed E-state index contributed by atoms with van der Waals surface area (Å²) in [5.41, 5.74) is 1.38. The van der Waals surface area contributed by atoms with Gasteiger partial charge in [-0.25, -0.2) is 0 Å². The zero-order chi connectivity index (χ0) is 13.7. The van der Waals surface area contributed by atoms with Gasteiger partial charge in [0.1, 0.15) is 0 Å². The van der Waals surface area contributed by atoms with E-state index in [0.717, 1.165) is 24.8 Å². The van der Waals surface area contributed by atoms with E-state index in [1.165, 1.54) is 19.3 Å². The van der Waals surface area contributed by atoms with Crippen molar-refractivity contribution in [3.05, 3.63) is 28.8 Å². The number of nitrogens with zero attached hydrogens (tertiary/aromatic N) is 1. The summed E-state index contributed by atoms with van der Waals surface area (Å²) in [6.45, 7) is 0.632. The molecule has 0 radical (unpaired) electrons. The maximum absolute atomic E-state index is 11.3. The molecule has 2 rings (SSSR count). The van der Waals surface area contributed by atoms with E-state index in [1.807, 2.05) is 12.1 Å². The molecule has 1 saturated carbocycles. The van der Waals surface area contributed by atoms with E-state index in [-0.39, 0.29) is 6.61 Å². The second kappa shape index (κ2) is 6.92. The Morgan fingerprint density at radius 2 is 2.05 bits per heavy atom. The molecular weight excluding hydrogens is 262 g/mol. The summed E-state index contributed by atoms with van der Waals surface area (Å²) in [4.78, 5) is 13.4. The topological polar surface area (TPSA) is 40.5 Å². The number of aldehydes is 1. The minimum absolute atomic E-state index is 0.0846. The highest BCUT2D eigenvalue weighted by atomic mass is 35.5. The molecule has 1 fully saturated rings. The molecule has 0 amide bonds. The fourth-order valence-corrected chi connectivity index (χ4v) is 3.11. The van der Waals surface area contributed by atoms with Crippen LogP contribution < -0.4 is 4.90 Å². The van der Waals surface area contributed by atoms with Gasteiger partial charge in [0.15, 0.2) is 6.29 Å². The Morgan fingerprint density at radius 1 is 1.32 bits per heavy atom. The molecule has 1 N–H and O–H groups in total. The first-order valence-electron chi connectivity index (χ1n) is 6.89. The predicted molar refractivity (Wildman–Crippen MR) is 78.1 cm³/mol. The molecule has 1 aliphatic rings. The molecule has 4 heteroatoms. The molecule has 0 spiro atoms. The lowest BCUT2D eigenvalue weighted by atomic mass is 9.93. The van der Waals surface area contributed by atoms with Crippen LogP contribution in [-0.2, 0) is 0 Å².